The first kappa shape index (κ1) is 13.4. The molecular formula is C18H14N4O2. The zero-order chi connectivity index (χ0) is 16.3. The number of fused-ring (bicyclic) bond motifs is 5. The van der Waals surface area contributed by atoms with Gasteiger partial charge in [0.1, 0.15) is 12.2 Å². The molecule has 6 nitrogen and oxygen atoms in total. The number of para-hydroxylation sites is 1. The van der Waals surface area contributed by atoms with Crippen molar-refractivity contribution in [1.29, 1.82) is 0 Å². The van der Waals surface area contributed by atoms with Gasteiger partial charge in [0.05, 0.1) is 11.4 Å². The summed E-state index contributed by atoms with van der Waals surface area (Å²) in [6.45, 7) is 0. The number of carbonyl (C=O) groups is 1. The highest BCUT2D eigenvalue weighted by Gasteiger charge is 2.33. The molecule has 3 heterocycles. The number of aromatic nitrogens is 4. The molecule has 0 unspecified atom stereocenters. The van der Waals surface area contributed by atoms with Gasteiger partial charge in [-0.05, 0) is 18.9 Å². The van der Waals surface area contributed by atoms with E-state index in [1.54, 1.807) is 0 Å². The molecule has 1 saturated carbocycles. The van der Waals surface area contributed by atoms with Crippen LogP contribution < -0.4 is 0 Å². The van der Waals surface area contributed by atoms with Crippen LogP contribution in [0, 0.1) is 0 Å². The summed E-state index contributed by atoms with van der Waals surface area (Å²) in [6.07, 6.45) is 5.97. The highest BCUT2D eigenvalue weighted by atomic mass is 16.4. The maximum atomic E-state index is 11.6. The predicted octanol–water partition coefficient (Wildman–Crippen LogP) is 2.81. The van der Waals surface area contributed by atoms with Gasteiger partial charge in [0.2, 0.25) is 0 Å². The number of nitrogens with zero attached hydrogens (tertiary/aromatic N) is 4. The van der Waals surface area contributed by atoms with Crippen LogP contribution in [0.1, 0.15) is 46.3 Å². The monoisotopic (exact) mass is 318 g/mol. The van der Waals surface area contributed by atoms with Gasteiger partial charge in [-0.2, -0.15) is 0 Å². The van der Waals surface area contributed by atoms with Crippen molar-refractivity contribution < 1.29 is 9.90 Å². The van der Waals surface area contributed by atoms with Crippen molar-refractivity contribution in [2.75, 3.05) is 0 Å². The topological polar surface area (TPSA) is 80.9 Å². The SMILES string of the molecule is O=C(O)c1ncnc2c1Cc1cnc(C3CC3)n1-c1ccccc1-2. The van der Waals surface area contributed by atoms with E-state index in [0.717, 1.165) is 35.6 Å². The third kappa shape index (κ3) is 1.83. The van der Waals surface area contributed by atoms with E-state index in [0.29, 0.717) is 23.6 Å². The van der Waals surface area contributed by atoms with E-state index in [-0.39, 0.29) is 5.69 Å². The Morgan fingerprint density at radius 3 is 2.79 bits per heavy atom. The Labute approximate surface area is 137 Å². The zero-order valence-electron chi connectivity index (χ0n) is 12.8. The molecule has 1 fully saturated rings. The summed E-state index contributed by atoms with van der Waals surface area (Å²) in [6, 6.07) is 7.97. The Morgan fingerprint density at radius 1 is 1.17 bits per heavy atom. The lowest BCUT2D eigenvalue weighted by atomic mass is 10.0. The minimum absolute atomic E-state index is 0.0671. The number of imidazole rings is 1. The fourth-order valence-electron chi connectivity index (χ4n) is 3.48. The van der Waals surface area contributed by atoms with Crippen molar-refractivity contribution in [3.8, 4) is 16.9 Å². The van der Waals surface area contributed by atoms with Crippen LogP contribution in [0.15, 0.2) is 36.8 Å². The molecule has 0 spiro atoms. The second kappa shape index (κ2) is 4.74. The Hall–Kier alpha value is -3.02. The number of benzene rings is 1. The van der Waals surface area contributed by atoms with Crippen LogP contribution in [0.4, 0.5) is 0 Å². The molecule has 0 radical (unpaired) electrons. The lowest BCUT2D eigenvalue weighted by Gasteiger charge is -2.12. The third-order valence-corrected chi connectivity index (χ3v) is 4.71. The van der Waals surface area contributed by atoms with Crippen molar-refractivity contribution in [2.45, 2.75) is 25.2 Å². The maximum Gasteiger partial charge on any atom is 0.354 e. The van der Waals surface area contributed by atoms with Crippen molar-refractivity contribution >= 4 is 5.97 Å². The molecule has 1 aliphatic carbocycles. The second-order valence-electron chi connectivity index (χ2n) is 6.27. The Bertz CT molecular complexity index is 988. The van der Waals surface area contributed by atoms with E-state index < -0.39 is 5.97 Å². The van der Waals surface area contributed by atoms with Crippen LogP contribution in [0.5, 0.6) is 0 Å². The number of aromatic carboxylic acids is 1. The lowest BCUT2D eigenvalue weighted by Crippen LogP contribution is -2.09. The van der Waals surface area contributed by atoms with Crippen molar-refractivity contribution in [3.63, 3.8) is 0 Å². The smallest absolute Gasteiger partial charge is 0.354 e. The standard InChI is InChI=1S/C18H14N4O2/c23-18(24)16-13-7-11-8-19-17(10-5-6-10)22(11)14-4-2-1-3-12(14)15(13)20-9-21-16/h1-4,8-10H,5-7H2,(H,23,24). The summed E-state index contributed by atoms with van der Waals surface area (Å²) >= 11 is 0. The summed E-state index contributed by atoms with van der Waals surface area (Å²) in [5.41, 5.74) is 4.34. The summed E-state index contributed by atoms with van der Waals surface area (Å²) in [5.74, 6) is 0.537. The van der Waals surface area contributed by atoms with Crippen molar-refractivity contribution in [3.05, 3.63) is 59.6 Å². The maximum absolute atomic E-state index is 11.6. The number of hydrogen-bond donors (Lipinski definition) is 1. The molecule has 0 atom stereocenters. The van der Waals surface area contributed by atoms with E-state index in [1.807, 2.05) is 30.5 Å². The lowest BCUT2D eigenvalue weighted by molar-refractivity contribution is 0.0689. The molecule has 0 amide bonds. The van der Waals surface area contributed by atoms with E-state index in [9.17, 15) is 9.90 Å². The van der Waals surface area contributed by atoms with Gasteiger partial charge < -0.3 is 5.11 Å². The first-order chi connectivity index (χ1) is 11.7. The molecule has 24 heavy (non-hydrogen) atoms. The molecule has 3 aromatic rings. The molecule has 1 aliphatic heterocycles. The highest BCUT2D eigenvalue weighted by Crippen LogP contribution is 2.43. The molecule has 5 rings (SSSR count). The van der Waals surface area contributed by atoms with Gasteiger partial charge in [-0.15, -0.1) is 0 Å². The summed E-state index contributed by atoms with van der Waals surface area (Å²) < 4.78 is 2.18. The second-order valence-corrected chi connectivity index (χ2v) is 6.27. The Morgan fingerprint density at radius 2 is 2.00 bits per heavy atom. The van der Waals surface area contributed by atoms with Gasteiger partial charge in [-0.1, -0.05) is 18.2 Å². The van der Waals surface area contributed by atoms with Gasteiger partial charge in [0.25, 0.3) is 0 Å². The molecular weight excluding hydrogens is 304 g/mol. The molecule has 2 aliphatic rings. The highest BCUT2D eigenvalue weighted by molar-refractivity contribution is 5.90. The van der Waals surface area contributed by atoms with Crippen LogP contribution in [-0.4, -0.2) is 30.6 Å². The van der Waals surface area contributed by atoms with Gasteiger partial charge in [-0.25, -0.2) is 19.7 Å². The van der Waals surface area contributed by atoms with Crippen LogP contribution in [0.3, 0.4) is 0 Å². The number of hydrogen-bond acceptors (Lipinski definition) is 4. The average Bonchev–Trinajstić information content (AvgIpc) is 3.37. The molecule has 0 bridgehead atoms. The molecule has 2 aromatic heterocycles. The van der Waals surface area contributed by atoms with Crippen LogP contribution in [0.2, 0.25) is 0 Å². The normalized spacial score (nSPS) is 15.2. The van der Waals surface area contributed by atoms with E-state index in [1.165, 1.54) is 6.33 Å². The molecule has 1 N–H and O–H groups in total. The fraction of sp³-hybridized carbons (Fsp3) is 0.222. The van der Waals surface area contributed by atoms with Crippen molar-refractivity contribution in [1.82, 2.24) is 19.5 Å². The quantitative estimate of drug-likeness (QED) is 0.614. The minimum atomic E-state index is -1.03. The predicted molar refractivity (Wildman–Crippen MR) is 86.3 cm³/mol. The van der Waals surface area contributed by atoms with Gasteiger partial charge in [0, 0.05) is 35.4 Å². The van der Waals surface area contributed by atoms with Gasteiger partial charge in [0.15, 0.2) is 5.69 Å². The third-order valence-electron chi connectivity index (χ3n) is 4.71. The van der Waals surface area contributed by atoms with Gasteiger partial charge >= 0.3 is 5.97 Å². The Balaban J connectivity index is 1.86. The molecule has 6 heteroatoms. The zero-order valence-corrected chi connectivity index (χ0v) is 12.8. The summed E-state index contributed by atoms with van der Waals surface area (Å²) in [7, 11) is 0. The molecule has 118 valence electrons. The minimum Gasteiger partial charge on any atom is -0.476 e. The van der Waals surface area contributed by atoms with Crippen LogP contribution in [-0.2, 0) is 6.42 Å². The average molecular weight is 318 g/mol. The summed E-state index contributed by atoms with van der Waals surface area (Å²) in [5, 5.41) is 9.52. The van der Waals surface area contributed by atoms with Crippen LogP contribution >= 0.6 is 0 Å². The Kier molecular flexibility index (Phi) is 2.65. The van der Waals surface area contributed by atoms with E-state index in [4.69, 9.17) is 0 Å². The van der Waals surface area contributed by atoms with Crippen molar-refractivity contribution in [2.24, 2.45) is 0 Å². The first-order valence-electron chi connectivity index (χ1n) is 7.97. The summed E-state index contributed by atoms with van der Waals surface area (Å²) in [4.78, 5) is 24.6. The first-order valence-corrected chi connectivity index (χ1v) is 7.97. The number of carboxylic acid groups (broad SMARTS) is 1. The molecule has 0 saturated heterocycles. The number of rotatable bonds is 2. The fourth-order valence-corrected chi connectivity index (χ4v) is 3.48. The van der Waals surface area contributed by atoms with E-state index in [2.05, 4.69) is 19.5 Å². The largest absolute Gasteiger partial charge is 0.476 e. The van der Waals surface area contributed by atoms with Crippen LogP contribution in [0.25, 0.3) is 16.9 Å². The molecule has 1 aromatic carbocycles. The number of carboxylic acids is 1. The van der Waals surface area contributed by atoms with Gasteiger partial charge in [-0.3, -0.25) is 4.57 Å². The van der Waals surface area contributed by atoms with E-state index >= 15 is 0 Å².